The van der Waals surface area contributed by atoms with Gasteiger partial charge in [-0.2, -0.15) is 5.26 Å². The van der Waals surface area contributed by atoms with Gasteiger partial charge >= 0.3 is 0 Å². The van der Waals surface area contributed by atoms with Gasteiger partial charge in [0, 0.05) is 29.0 Å². The second kappa shape index (κ2) is 9.03. The van der Waals surface area contributed by atoms with E-state index >= 15 is 0 Å². The van der Waals surface area contributed by atoms with Crippen molar-refractivity contribution in [2.45, 2.75) is 45.6 Å². The van der Waals surface area contributed by atoms with E-state index in [0.29, 0.717) is 28.8 Å². The predicted octanol–water partition coefficient (Wildman–Crippen LogP) is 6.01. The van der Waals surface area contributed by atoms with Crippen LogP contribution in [0.3, 0.4) is 0 Å². The molecule has 0 fully saturated rings. The van der Waals surface area contributed by atoms with Crippen molar-refractivity contribution in [2.24, 2.45) is 0 Å². The molecule has 0 saturated heterocycles. The zero-order valence-corrected chi connectivity index (χ0v) is 19.4. The van der Waals surface area contributed by atoms with E-state index in [9.17, 15) is 10.1 Å². The molecule has 0 bridgehead atoms. The Kier molecular flexibility index (Phi) is 6.62. The number of hydrogen-bond acceptors (Lipinski definition) is 4. The summed E-state index contributed by atoms with van der Waals surface area (Å²) in [5.41, 5.74) is 3.53. The molecule has 2 aromatic rings. The summed E-state index contributed by atoms with van der Waals surface area (Å²) in [5, 5.41) is 12.9. The molecule has 1 amide bonds. The van der Waals surface area contributed by atoms with Crippen molar-refractivity contribution in [3.05, 3.63) is 58.1 Å². The van der Waals surface area contributed by atoms with Crippen LogP contribution in [-0.2, 0) is 4.79 Å². The lowest BCUT2D eigenvalue weighted by atomic mass is 9.80. The minimum absolute atomic E-state index is 0.00659. The van der Waals surface area contributed by atoms with Gasteiger partial charge in [-0.1, -0.05) is 18.5 Å². The Morgan fingerprint density at radius 3 is 2.65 bits per heavy atom. The largest absolute Gasteiger partial charge is 0.494 e. The first-order valence-corrected chi connectivity index (χ1v) is 10.8. The van der Waals surface area contributed by atoms with E-state index in [0.717, 1.165) is 17.9 Å². The number of carbonyl (C=O) groups is 1. The standard InChI is InChI=1S/C25H28ClN3O2/c1-6-31-20-9-7-19(8-10-20)28-24(30)18(15-27)11-17-12-21-16(2)14-25(3,4)29(5)23(21)13-22(17)26/h7-13,16H,6,14H2,1-5H3,(H,28,30)/b18-11-. The van der Waals surface area contributed by atoms with Gasteiger partial charge in [-0.25, -0.2) is 0 Å². The number of hydrogen-bond donors (Lipinski definition) is 1. The van der Waals surface area contributed by atoms with Crippen molar-refractivity contribution in [3.63, 3.8) is 0 Å². The topological polar surface area (TPSA) is 65.4 Å². The van der Waals surface area contributed by atoms with Crippen molar-refractivity contribution >= 4 is 35.0 Å². The molecule has 0 spiro atoms. The smallest absolute Gasteiger partial charge is 0.266 e. The monoisotopic (exact) mass is 437 g/mol. The first kappa shape index (κ1) is 22.7. The number of nitrogens with zero attached hydrogens (tertiary/aromatic N) is 2. The molecule has 0 saturated carbocycles. The van der Waals surface area contributed by atoms with Gasteiger partial charge in [-0.05, 0) is 86.7 Å². The van der Waals surface area contributed by atoms with Gasteiger partial charge in [0.2, 0.25) is 0 Å². The van der Waals surface area contributed by atoms with Gasteiger partial charge in [-0.15, -0.1) is 0 Å². The number of anilines is 2. The molecule has 3 rings (SSSR count). The average Bonchev–Trinajstić information content (AvgIpc) is 2.72. The lowest BCUT2D eigenvalue weighted by Gasteiger charge is -2.45. The highest BCUT2D eigenvalue weighted by Gasteiger charge is 2.34. The second-order valence-corrected chi connectivity index (χ2v) is 8.90. The molecule has 1 aliphatic heterocycles. The zero-order valence-electron chi connectivity index (χ0n) is 18.6. The molecule has 0 aromatic heterocycles. The van der Waals surface area contributed by atoms with Crippen LogP contribution in [0.1, 0.15) is 51.2 Å². The molecule has 5 nitrogen and oxygen atoms in total. The first-order valence-electron chi connectivity index (χ1n) is 10.4. The van der Waals surface area contributed by atoms with Crippen LogP contribution in [-0.4, -0.2) is 25.1 Å². The van der Waals surface area contributed by atoms with Crippen molar-refractivity contribution in [3.8, 4) is 11.8 Å². The molecule has 31 heavy (non-hydrogen) atoms. The van der Waals surface area contributed by atoms with E-state index < -0.39 is 5.91 Å². The van der Waals surface area contributed by atoms with E-state index in [1.54, 1.807) is 30.3 Å². The van der Waals surface area contributed by atoms with Crippen molar-refractivity contribution < 1.29 is 9.53 Å². The number of amides is 1. The summed E-state index contributed by atoms with van der Waals surface area (Å²) in [7, 11) is 2.07. The Morgan fingerprint density at radius 2 is 2.03 bits per heavy atom. The second-order valence-electron chi connectivity index (χ2n) is 8.49. The summed E-state index contributed by atoms with van der Waals surface area (Å²) in [4.78, 5) is 14.9. The van der Waals surface area contributed by atoms with Crippen LogP contribution in [0.2, 0.25) is 5.02 Å². The lowest BCUT2D eigenvalue weighted by Crippen LogP contribution is -2.45. The van der Waals surface area contributed by atoms with Crippen molar-refractivity contribution in [2.75, 3.05) is 23.9 Å². The third kappa shape index (κ3) is 4.86. The fraction of sp³-hybridized carbons (Fsp3) is 0.360. The molecule has 1 heterocycles. The molecule has 1 atom stereocenters. The highest BCUT2D eigenvalue weighted by Crippen LogP contribution is 2.44. The molecule has 2 aromatic carbocycles. The average molecular weight is 438 g/mol. The quantitative estimate of drug-likeness (QED) is 0.459. The molecule has 6 heteroatoms. The third-order valence-corrected chi connectivity index (χ3v) is 6.17. The summed E-state index contributed by atoms with van der Waals surface area (Å²) in [5.74, 6) is 0.584. The molecule has 1 N–H and O–H groups in total. The molecular formula is C25H28ClN3O2. The Labute approximate surface area is 189 Å². The van der Waals surface area contributed by atoms with Crippen molar-refractivity contribution in [1.29, 1.82) is 5.26 Å². The van der Waals surface area contributed by atoms with Crippen LogP contribution >= 0.6 is 11.6 Å². The Morgan fingerprint density at radius 1 is 1.35 bits per heavy atom. The minimum Gasteiger partial charge on any atom is -0.494 e. The number of nitrogens with one attached hydrogen (secondary N) is 1. The van der Waals surface area contributed by atoms with E-state index in [1.165, 1.54) is 5.56 Å². The zero-order chi connectivity index (χ0) is 22.8. The maximum Gasteiger partial charge on any atom is 0.266 e. The van der Waals surface area contributed by atoms with E-state index in [2.05, 4.69) is 38.0 Å². The highest BCUT2D eigenvalue weighted by molar-refractivity contribution is 6.32. The molecule has 0 radical (unpaired) electrons. The molecule has 1 unspecified atom stereocenters. The van der Waals surface area contributed by atoms with Crippen LogP contribution in [0.25, 0.3) is 6.08 Å². The van der Waals surface area contributed by atoms with Gasteiger partial charge in [-0.3, -0.25) is 4.79 Å². The fourth-order valence-corrected chi connectivity index (χ4v) is 4.23. The van der Waals surface area contributed by atoms with Gasteiger partial charge in [0.25, 0.3) is 5.91 Å². The first-order chi connectivity index (χ1) is 14.7. The minimum atomic E-state index is -0.480. The number of halogens is 1. The van der Waals surface area contributed by atoms with Crippen LogP contribution in [0, 0.1) is 11.3 Å². The highest BCUT2D eigenvalue weighted by atomic mass is 35.5. The summed E-state index contributed by atoms with van der Waals surface area (Å²) in [6.07, 6.45) is 2.56. The summed E-state index contributed by atoms with van der Waals surface area (Å²) < 4.78 is 5.41. The number of carbonyl (C=O) groups excluding carboxylic acids is 1. The normalized spacial score (nSPS) is 17.5. The maximum atomic E-state index is 12.7. The van der Waals surface area contributed by atoms with Crippen LogP contribution in [0.4, 0.5) is 11.4 Å². The van der Waals surface area contributed by atoms with Gasteiger partial charge in [0.1, 0.15) is 17.4 Å². The van der Waals surface area contributed by atoms with Gasteiger partial charge in [0.05, 0.1) is 6.61 Å². The SMILES string of the molecule is CCOc1ccc(NC(=O)/C(C#N)=C\c2cc3c(cc2Cl)N(C)C(C)(C)CC3C)cc1. The third-order valence-electron chi connectivity index (χ3n) is 5.84. The molecule has 162 valence electrons. The van der Waals surface area contributed by atoms with Crippen LogP contribution in [0.5, 0.6) is 5.75 Å². The Bertz CT molecular complexity index is 1050. The summed E-state index contributed by atoms with van der Waals surface area (Å²) in [6, 6.07) is 12.9. The van der Waals surface area contributed by atoms with Crippen LogP contribution in [0.15, 0.2) is 42.0 Å². The fourth-order valence-electron chi connectivity index (χ4n) is 4.02. The van der Waals surface area contributed by atoms with Crippen molar-refractivity contribution in [1.82, 2.24) is 0 Å². The predicted molar refractivity (Wildman–Crippen MR) is 127 cm³/mol. The van der Waals surface area contributed by atoms with E-state index in [4.69, 9.17) is 16.3 Å². The van der Waals surface area contributed by atoms with E-state index in [-0.39, 0.29) is 11.1 Å². The molecule has 0 aliphatic carbocycles. The number of nitriles is 1. The number of ether oxygens (including phenoxy) is 1. The number of rotatable bonds is 5. The maximum absolute atomic E-state index is 12.7. The summed E-state index contributed by atoms with van der Waals surface area (Å²) >= 11 is 6.55. The van der Waals surface area contributed by atoms with E-state index in [1.807, 2.05) is 25.1 Å². The lowest BCUT2D eigenvalue weighted by molar-refractivity contribution is -0.112. The number of fused-ring (bicyclic) bond motifs is 1. The summed E-state index contributed by atoms with van der Waals surface area (Å²) in [6.45, 7) is 9.10. The molecular weight excluding hydrogens is 410 g/mol. The Hall–Kier alpha value is -2.97. The van der Waals surface area contributed by atoms with Crippen LogP contribution < -0.4 is 15.0 Å². The number of benzene rings is 2. The van der Waals surface area contributed by atoms with Gasteiger partial charge in [0.15, 0.2) is 0 Å². The molecule has 1 aliphatic rings. The Balaban J connectivity index is 1.88. The van der Waals surface area contributed by atoms with Gasteiger partial charge < -0.3 is 15.0 Å².